The van der Waals surface area contributed by atoms with Crippen LogP contribution < -0.4 is 5.32 Å². The second kappa shape index (κ2) is 6.86. The average molecular weight is 338 g/mol. The van der Waals surface area contributed by atoms with Gasteiger partial charge in [-0.2, -0.15) is 0 Å². The van der Waals surface area contributed by atoms with E-state index in [0.717, 1.165) is 15.7 Å². The molecule has 0 aliphatic rings. The molecule has 0 aliphatic carbocycles. The van der Waals surface area contributed by atoms with Crippen LogP contribution in [0.2, 0.25) is 0 Å². The fourth-order valence-electron chi connectivity index (χ4n) is 2.10. The Bertz CT molecular complexity index is 588. The van der Waals surface area contributed by atoms with Crippen LogP contribution in [0, 0.1) is 5.82 Å². The minimum atomic E-state index is -0.211. The molecular formula is C16H17BrFNO. The first-order chi connectivity index (χ1) is 9.61. The van der Waals surface area contributed by atoms with Gasteiger partial charge in [0.15, 0.2) is 0 Å². The molecule has 4 heteroatoms. The number of methoxy groups -OCH3 is 1. The van der Waals surface area contributed by atoms with Gasteiger partial charge in [0.05, 0.1) is 12.6 Å². The van der Waals surface area contributed by atoms with Crippen LogP contribution in [0.15, 0.2) is 46.9 Å². The maximum atomic E-state index is 13.9. The predicted octanol–water partition coefficient (Wildman–Crippen LogP) is 4.91. The zero-order valence-electron chi connectivity index (χ0n) is 11.5. The van der Waals surface area contributed by atoms with Gasteiger partial charge in [0, 0.05) is 28.4 Å². The molecule has 2 rings (SSSR count). The second-order valence-electron chi connectivity index (χ2n) is 4.62. The molecule has 2 aromatic carbocycles. The number of para-hydroxylation sites is 1. The summed E-state index contributed by atoms with van der Waals surface area (Å²) in [6, 6.07) is 12.7. The Hall–Kier alpha value is -1.39. The zero-order valence-corrected chi connectivity index (χ0v) is 13.1. The first-order valence-electron chi connectivity index (χ1n) is 6.40. The molecular weight excluding hydrogens is 321 g/mol. The lowest BCUT2D eigenvalue weighted by Gasteiger charge is -2.19. The maximum Gasteiger partial charge on any atom is 0.128 e. The van der Waals surface area contributed by atoms with Gasteiger partial charge in [-0.1, -0.05) is 34.1 Å². The van der Waals surface area contributed by atoms with Crippen molar-refractivity contribution in [1.82, 2.24) is 0 Å². The molecule has 106 valence electrons. The monoisotopic (exact) mass is 337 g/mol. The molecule has 0 saturated carbocycles. The van der Waals surface area contributed by atoms with Gasteiger partial charge in [-0.3, -0.25) is 0 Å². The van der Waals surface area contributed by atoms with Crippen LogP contribution in [0.1, 0.15) is 24.1 Å². The van der Waals surface area contributed by atoms with Crippen molar-refractivity contribution in [1.29, 1.82) is 0 Å². The van der Waals surface area contributed by atoms with E-state index < -0.39 is 0 Å². The van der Waals surface area contributed by atoms with Crippen molar-refractivity contribution < 1.29 is 9.13 Å². The van der Waals surface area contributed by atoms with Gasteiger partial charge in [0.25, 0.3) is 0 Å². The summed E-state index contributed by atoms with van der Waals surface area (Å²) in [4.78, 5) is 0. The first-order valence-corrected chi connectivity index (χ1v) is 7.19. The molecule has 0 aromatic heterocycles. The molecule has 0 saturated heterocycles. The second-order valence-corrected chi connectivity index (χ2v) is 5.54. The highest BCUT2D eigenvalue weighted by Crippen LogP contribution is 2.26. The van der Waals surface area contributed by atoms with E-state index in [4.69, 9.17) is 4.74 Å². The number of hydrogen-bond donors (Lipinski definition) is 1. The Morgan fingerprint density at radius 2 is 2.00 bits per heavy atom. The number of benzene rings is 2. The summed E-state index contributed by atoms with van der Waals surface area (Å²) in [5.74, 6) is -0.211. The molecule has 1 atom stereocenters. The number of halogens is 2. The molecule has 0 amide bonds. The molecule has 2 nitrogen and oxygen atoms in total. The van der Waals surface area contributed by atoms with Crippen LogP contribution in [-0.4, -0.2) is 7.11 Å². The Balaban J connectivity index is 2.23. The molecule has 0 bridgehead atoms. The quantitative estimate of drug-likeness (QED) is 0.837. The highest BCUT2D eigenvalue weighted by molar-refractivity contribution is 9.10. The van der Waals surface area contributed by atoms with Gasteiger partial charge in [-0.05, 0) is 31.2 Å². The normalized spacial score (nSPS) is 12.2. The number of anilines is 1. The number of nitrogens with one attached hydrogen (secondary N) is 1. The summed E-state index contributed by atoms with van der Waals surface area (Å²) in [7, 11) is 1.66. The third-order valence-corrected chi connectivity index (χ3v) is 3.61. The lowest BCUT2D eigenvalue weighted by atomic mass is 10.1. The summed E-state index contributed by atoms with van der Waals surface area (Å²) in [5, 5.41) is 3.34. The summed E-state index contributed by atoms with van der Waals surface area (Å²) in [6.07, 6.45) is 0. The molecule has 0 fully saturated rings. The number of hydrogen-bond acceptors (Lipinski definition) is 2. The molecule has 1 unspecified atom stereocenters. The van der Waals surface area contributed by atoms with Crippen LogP contribution >= 0.6 is 15.9 Å². The van der Waals surface area contributed by atoms with Crippen molar-refractivity contribution in [2.75, 3.05) is 12.4 Å². The van der Waals surface area contributed by atoms with Gasteiger partial charge >= 0.3 is 0 Å². The van der Waals surface area contributed by atoms with Gasteiger partial charge < -0.3 is 10.1 Å². The summed E-state index contributed by atoms with van der Waals surface area (Å²) >= 11 is 3.37. The predicted molar refractivity (Wildman–Crippen MR) is 83.3 cm³/mol. The number of ether oxygens (including phenoxy) is 1. The van der Waals surface area contributed by atoms with Crippen molar-refractivity contribution in [3.05, 3.63) is 63.9 Å². The molecule has 2 aromatic rings. The van der Waals surface area contributed by atoms with Crippen LogP contribution in [0.25, 0.3) is 0 Å². The Labute approximate surface area is 127 Å². The zero-order chi connectivity index (χ0) is 14.5. The van der Waals surface area contributed by atoms with Crippen molar-refractivity contribution in [3.8, 4) is 0 Å². The van der Waals surface area contributed by atoms with Crippen molar-refractivity contribution in [3.63, 3.8) is 0 Å². The lowest BCUT2D eigenvalue weighted by molar-refractivity contribution is 0.185. The first kappa shape index (κ1) is 15.0. The van der Waals surface area contributed by atoms with E-state index in [0.29, 0.717) is 12.2 Å². The largest absolute Gasteiger partial charge is 0.380 e. The molecule has 1 N–H and O–H groups in total. The van der Waals surface area contributed by atoms with Crippen LogP contribution in [0.3, 0.4) is 0 Å². The van der Waals surface area contributed by atoms with Crippen molar-refractivity contribution >= 4 is 21.6 Å². The highest BCUT2D eigenvalue weighted by Gasteiger charge is 2.12. The number of rotatable bonds is 5. The van der Waals surface area contributed by atoms with Crippen LogP contribution in [-0.2, 0) is 11.3 Å². The summed E-state index contributed by atoms with van der Waals surface area (Å²) < 4.78 is 19.9. The summed E-state index contributed by atoms with van der Waals surface area (Å²) in [6.45, 7) is 2.46. The minimum absolute atomic E-state index is 0.134. The van der Waals surface area contributed by atoms with Crippen LogP contribution in [0.4, 0.5) is 10.1 Å². The van der Waals surface area contributed by atoms with E-state index in [1.54, 1.807) is 19.2 Å². The maximum absolute atomic E-state index is 13.9. The molecule has 0 spiro atoms. The van der Waals surface area contributed by atoms with E-state index in [1.807, 2.05) is 31.2 Å². The molecule has 0 heterocycles. The highest BCUT2D eigenvalue weighted by atomic mass is 79.9. The Morgan fingerprint density at radius 3 is 2.75 bits per heavy atom. The van der Waals surface area contributed by atoms with E-state index in [2.05, 4.69) is 21.2 Å². The molecule has 0 radical (unpaired) electrons. The van der Waals surface area contributed by atoms with E-state index in [-0.39, 0.29) is 11.9 Å². The topological polar surface area (TPSA) is 21.3 Å². The van der Waals surface area contributed by atoms with Gasteiger partial charge in [-0.25, -0.2) is 4.39 Å². The fourth-order valence-corrected chi connectivity index (χ4v) is 2.48. The smallest absolute Gasteiger partial charge is 0.128 e. The minimum Gasteiger partial charge on any atom is -0.380 e. The average Bonchev–Trinajstić information content (AvgIpc) is 2.44. The Kier molecular flexibility index (Phi) is 5.15. The van der Waals surface area contributed by atoms with E-state index >= 15 is 0 Å². The summed E-state index contributed by atoms with van der Waals surface area (Å²) in [5.41, 5.74) is 2.64. The van der Waals surface area contributed by atoms with E-state index in [9.17, 15) is 4.39 Å². The standard InChI is InChI=1S/C16H17BrFNO/c1-11(14-9-13(17)7-8-15(14)18)19-16-6-4-3-5-12(16)10-20-2/h3-9,11,19H,10H2,1-2H3. The van der Waals surface area contributed by atoms with Crippen molar-refractivity contribution in [2.45, 2.75) is 19.6 Å². The van der Waals surface area contributed by atoms with Gasteiger partial charge in [0.2, 0.25) is 0 Å². The van der Waals surface area contributed by atoms with Gasteiger partial charge in [0.1, 0.15) is 5.82 Å². The van der Waals surface area contributed by atoms with Crippen LogP contribution in [0.5, 0.6) is 0 Å². The van der Waals surface area contributed by atoms with E-state index in [1.165, 1.54) is 6.07 Å². The van der Waals surface area contributed by atoms with Crippen molar-refractivity contribution in [2.24, 2.45) is 0 Å². The molecule has 0 aliphatic heterocycles. The SMILES string of the molecule is COCc1ccccc1NC(C)c1cc(Br)ccc1F. The van der Waals surface area contributed by atoms with Gasteiger partial charge in [-0.15, -0.1) is 0 Å². The third kappa shape index (κ3) is 3.58. The third-order valence-electron chi connectivity index (χ3n) is 3.11. The Morgan fingerprint density at radius 1 is 1.25 bits per heavy atom. The molecule has 20 heavy (non-hydrogen) atoms. The fraction of sp³-hybridized carbons (Fsp3) is 0.250. The lowest BCUT2D eigenvalue weighted by Crippen LogP contribution is -2.10.